The first-order valence-electron chi connectivity index (χ1n) is 3.77. The van der Waals surface area contributed by atoms with E-state index >= 15 is 0 Å². The maximum absolute atomic E-state index is 5.24. The smallest absolute Gasteiger partial charge is 0.181 e. The van der Waals surface area contributed by atoms with E-state index in [4.69, 9.17) is 9.47 Å². The highest BCUT2D eigenvalue weighted by atomic mass is 16.8. The van der Waals surface area contributed by atoms with Crippen LogP contribution < -0.4 is 0 Å². The molecule has 1 saturated heterocycles. The first-order chi connectivity index (χ1) is 4.93. The van der Waals surface area contributed by atoms with E-state index in [-0.39, 0.29) is 6.29 Å². The predicted molar refractivity (Wildman–Crippen MR) is 39.7 cm³/mol. The van der Waals surface area contributed by atoms with Crippen LogP contribution in [0.1, 0.15) is 19.3 Å². The Morgan fingerprint density at radius 3 is 3.00 bits per heavy atom. The molecule has 1 aliphatic rings. The third kappa shape index (κ3) is 3.64. The molecule has 1 rings (SSSR count). The molecule has 0 aromatic rings. The predicted octanol–water partition coefficient (Wildman–Crippen LogP) is 1.72. The average Bonchev–Trinajstić information content (AvgIpc) is 2.71. The van der Waals surface area contributed by atoms with Crippen LogP contribution in [0.4, 0.5) is 0 Å². The third-order valence-electron chi connectivity index (χ3n) is 1.41. The number of unbranched alkanes of at least 4 members (excludes halogenated alkanes) is 2. The Morgan fingerprint density at radius 1 is 1.60 bits per heavy atom. The van der Waals surface area contributed by atoms with Crippen LogP contribution in [-0.2, 0) is 9.47 Å². The molecule has 0 N–H and O–H groups in total. The molecule has 2 nitrogen and oxygen atoms in total. The molecule has 0 aromatic carbocycles. The van der Waals surface area contributed by atoms with Crippen molar-refractivity contribution >= 4 is 0 Å². The monoisotopic (exact) mass is 142 g/mol. The molecule has 0 aromatic heterocycles. The van der Waals surface area contributed by atoms with Crippen LogP contribution in [-0.4, -0.2) is 19.5 Å². The molecule has 1 heterocycles. The Kier molecular flexibility index (Phi) is 3.47. The van der Waals surface area contributed by atoms with Crippen LogP contribution in [0.2, 0.25) is 0 Å². The van der Waals surface area contributed by atoms with Crippen molar-refractivity contribution in [3.8, 4) is 0 Å². The molecule has 0 spiro atoms. The van der Waals surface area contributed by atoms with Crippen molar-refractivity contribution in [2.24, 2.45) is 0 Å². The fourth-order valence-corrected chi connectivity index (χ4v) is 0.741. The van der Waals surface area contributed by atoms with Crippen LogP contribution in [0.15, 0.2) is 12.7 Å². The number of allylic oxidation sites excluding steroid dienone is 1. The first kappa shape index (κ1) is 7.76. The van der Waals surface area contributed by atoms with Crippen molar-refractivity contribution in [2.45, 2.75) is 25.6 Å². The van der Waals surface area contributed by atoms with Gasteiger partial charge in [0.2, 0.25) is 0 Å². The molecule has 0 saturated carbocycles. The zero-order valence-electron chi connectivity index (χ0n) is 6.21. The van der Waals surface area contributed by atoms with Gasteiger partial charge in [-0.25, -0.2) is 0 Å². The highest BCUT2D eigenvalue weighted by Gasteiger charge is 2.22. The lowest BCUT2D eigenvalue weighted by molar-refractivity contribution is 0.0482. The lowest BCUT2D eigenvalue weighted by atomic mass is 10.2. The maximum Gasteiger partial charge on any atom is 0.181 e. The minimum absolute atomic E-state index is 0.128. The fourth-order valence-electron chi connectivity index (χ4n) is 0.741. The first-order valence-corrected chi connectivity index (χ1v) is 3.77. The van der Waals surface area contributed by atoms with Crippen molar-refractivity contribution < 1.29 is 9.47 Å². The normalized spacial score (nSPS) is 22.6. The van der Waals surface area contributed by atoms with Gasteiger partial charge in [-0.3, -0.25) is 0 Å². The van der Waals surface area contributed by atoms with Gasteiger partial charge in [0.15, 0.2) is 6.29 Å². The third-order valence-corrected chi connectivity index (χ3v) is 1.41. The van der Waals surface area contributed by atoms with E-state index in [2.05, 4.69) is 6.58 Å². The molecule has 1 fully saturated rings. The summed E-state index contributed by atoms with van der Waals surface area (Å²) < 4.78 is 10.1. The van der Waals surface area contributed by atoms with E-state index in [1.54, 1.807) is 0 Å². The Labute approximate surface area is 61.8 Å². The largest absolute Gasteiger partial charge is 0.350 e. The summed E-state index contributed by atoms with van der Waals surface area (Å²) in [6, 6.07) is 0. The van der Waals surface area contributed by atoms with Gasteiger partial charge in [-0.15, -0.1) is 6.58 Å². The molecule has 0 bridgehead atoms. The van der Waals surface area contributed by atoms with Gasteiger partial charge in [0, 0.05) is 6.61 Å². The quantitative estimate of drug-likeness (QED) is 0.320. The molecule has 1 atom stereocenters. The second-order valence-electron chi connectivity index (χ2n) is 2.42. The van der Waals surface area contributed by atoms with Crippen molar-refractivity contribution in [3.63, 3.8) is 0 Å². The van der Waals surface area contributed by atoms with E-state index in [0.717, 1.165) is 26.1 Å². The molecular weight excluding hydrogens is 128 g/mol. The van der Waals surface area contributed by atoms with Gasteiger partial charge >= 0.3 is 0 Å². The van der Waals surface area contributed by atoms with Gasteiger partial charge in [0.25, 0.3) is 0 Å². The lowest BCUT2D eigenvalue weighted by Gasteiger charge is -1.97. The second kappa shape index (κ2) is 4.47. The molecule has 0 aliphatic carbocycles. The van der Waals surface area contributed by atoms with Gasteiger partial charge in [-0.1, -0.05) is 6.08 Å². The van der Waals surface area contributed by atoms with E-state index < -0.39 is 0 Å². The minimum atomic E-state index is 0.128. The topological polar surface area (TPSA) is 21.8 Å². The van der Waals surface area contributed by atoms with Gasteiger partial charge in [0.05, 0.1) is 0 Å². The summed E-state index contributed by atoms with van der Waals surface area (Å²) in [5.41, 5.74) is 0. The highest BCUT2D eigenvalue weighted by Crippen LogP contribution is 2.10. The molecule has 0 radical (unpaired) electrons. The molecule has 2 heteroatoms. The highest BCUT2D eigenvalue weighted by molar-refractivity contribution is 4.65. The molecule has 1 unspecified atom stereocenters. The summed E-state index contributed by atoms with van der Waals surface area (Å²) in [4.78, 5) is 0. The number of ether oxygens (including phenoxy) is 2. The summed E-state index contributed by atoms with van der Waals surface area (Å²) in [7, 11) is 0. The van der Waals surface area contributed by atoms with Gasteiger partial charge in [-0.05, 0) is 19.3 Å². The van der Waals surface area contributed by atoms with Crippen LogP contribution in [0.25, 0.3) is 0 Å². The summed E-state index contributed by atoms with van der Waals surface area (Å²) >= 11 is 0. The summed E-state index contributed by atoms with van der Waals surface area (Å²) in [6.45, 7) is 5.27. The van der Waals surface area contributed by atoms with Gasteiger partial charge < -0.3 is 9.47 Å². The summed E-state index contributed by atoms with van der Waals surface area (Å²) in [5, 5.41) is 0. The van der Waals surface area contributed by atoms with Gasteiger partial charge in [-0.2, -0.15) is 0 Å². The molecular formula is C8H14O2. The Bertz CT molecular complexity index is 97.4. The minimum Gasteiger partial charge on any atom is -0.350 e. The SMILES string of the molecule is C=CCCCCOC1CO1. The van der Waals surface area contributed by atoms with Crippen molar-refractivity contribution in [3.05, 3.63) is 12.7 Å². The van der Waals surface area contributed by atoms with Crippen molar-refractivity contribution in [1.82, 2.24) is 0 Å². The van der Waals surface area contributed by atoms with Crippen LogP contribution in [0, 0.1) is 0 Å². The zero-order valence-corrected chi connectivity index (χ0v) is 6.21. The Balaban J connectivity index is 1.72. The second-order valence-corrected chi connectivity index (χ2v) is 2.42. The molecule has 10 heavy (non-hydrogen) atoms. The van der Waals surface area contributed by atoms with E-state index in [1.807, 2.05) is 6.08 Å². The average molecular weight is 142 g/mol. The van der Waals surface area contributed by atoms with Crippen LogP contribution in [0.5, 0.6) is 0 Å². The van der Waals surface area contributed by atoms with Gasteiger partial charge in [0.1, 0.15) is 6.61 Å². The van der Waals surface area contributed by atoms with Crippen molar-refractivity contribution in [2.75, 3.05) is 13.2 Å². The van der Waals surface area contributed by atoms with E-state index in [1.165, 1.54) is 6.42 Å². The fraction of sp³-hybridized carbons (Fsp3) is 0.750. The maximum atomic E-state index is 5.24. The molecule has 1 aliphatic heterocycles. The van der Waals surface area contributed by atoms with E-state index in [0.29, 0.717) is 0 Å². The van der Waals surface area contributed by atoms with Crippen molar-refractivity contribution in [1.29, 1.82) is 0 Å². The van der Waals surface area contributed by atoms with Crippen LogP contribution >= 0.6 is 0 Å². The Hall–Kier alpha value is -0.340. The van der Waals surface area contributed by atoms with E-state index in [9.17, 15) is 0 Å². The summed E-state index contributed by atoms with van der Waals surface area (Å²) in [6.07, 6.45) is 5.45. The number of rotatable bonds is 6. The molecule has 0 amide bonds. The molecule has 58 valence electrons. The standard InChI is InChI=1S/C8H14O2/c1-2-3-4-5-6-9-8-7-10-8/h2,8H,1,3-7H2. The lowest BCUT2D eigenvalue weighted by Crippen LogP contribution is -1.96. The van der Waals surface area contributed by atoms with Crippen LogP contribution in [0.3, 0.4) is 0 Å². The zero-order chi connectivity index (χ0) is 7.23. The number of hydrogen-bond acceptors (Lipinski definition) is 2. The number of hydrogen-bond donors (Lipinski definition) is 0. The summed E-state index contributed by atoms with van der Waals surface area (Å²) in [5.74, 6) is 0. The number of epoxide rings is 1. The Morgan fingerprint density at radius 2 is 2.40 bits per heavy atom.